The molecule has 0 aliphatic carbocycles. The van der Waals surface area contributed by atoms with Gasteiger partial charge in [-0.1, -0.05) is 36.8 Å². The molecular weight excluding hydrogens is 108 g/mol. The smallest absolute Gasteiger partial charge is 0 e. The summed E-state index contributed by atoms with van der Waals surface area (Å²) in [4.78, 5) is 0. The first-order valence-electron chi connectivity index (χ1n) is 3.38. The van der Waals surface area contributed by atoms with E-state index >= 15 is 0 Å². The van der Waals surface area contributed by atoms with Crippen molar-refractivity contribution in [3.63, 3.8) is 0 Å². The summed E-state index contributed by atoms with van der Waals surface area (Å²) in [7, 11) is 0. The van der Waals surface area contributed by atoms with Crippen LogP contribution in [-0.4, -0.2) is 0 Å². The predicted molar refractivity (Wildman–Crippen MR) is 42.7 cm³/mol. The molecule has 9 heavy (non-hydrogen) atoms. The highest BCUT2D eigenvalue weighted by atomic mass is 13.9. The van der Waals surface area contributed by atoms with E-state index in [1.54, 1.807) is 0 Å². The van der Waals surface area contributed by atoms with Crippen LogP contribution < -0.4 is 0 Å². The molecule has 0 unspecified atom stereocenters. The van der Waals surface area contributed by atoms with Gasteiger partial charge in [0.25, 0.3) is 0 Å². The maximum Gasteiger partial charge on any atom is 0 e. The van der Waals surface area contributed by atoms with Gasteiger partial charge in [0.1, 0.15) is 0 Å². The maximum atomic E-state index is 2.22. The Hall–Kier alpha value is -0.780. The molecule has 0 aliphatic heterocycles. The summed E-state index contributed by atoms with van der Waals surface area (Å²) in [5, 5.41) is 0. The lowest BCUT2D eigenvalue weighted by molar-refractivity contribution is 1.13. The zero-order valence-corrected chi connectivity index (χ0v) is 6.02. The summed E-state index contributed by atoms with van der Waals surface area (Å²) in [5.74, 6) is 0. The van der Waals surface area contributed by atoms with Crippen molar-refractivity contribution in [1.29, 1.82) is 0 Å². The molecule has 0 radical (unpaired) electrons. The fourth-order valence-electron chi connectivity index (χ4n) is 0.932. The van der Waals surface area contributed by atoms with E-state index < -0.39 is 0 Å². The molecule has 1 rings (SSSR count). The summed E-state index contributed by atoms with van der Waals surface area (Å²) in [6.07, 6.45) is 1.14. The SMILES string of the molecule is CCc1cccc(C)c1.[HH]. The maximum absolute atomic E-state index is 2.22. The van der Waals surface area contributed by atoms with Crippen molar-refractivity contribution in [2.75, 3.05) is 0 Å². The van der Waals surface area contributed by atoms with Gasteiger partial charge >= 0.3 is 0 Å². The van der Waals surface area contributed by atoms with Crippen LogP contribution >= 0.6 is 0 Å². The first kappa shape index (κ1) is 6.34. The summed E-state index contributed by atoms with van der Waals surface area (Å²) >= 11 is 0. The second-order valence-corrected chi connectivity index (χ2v) is 2.34. The normalized spacial score (nSPS) is 9.56. The molecule has 0 bridgehead atoms. The third kappa shape index (κ3) is 1.56. The van der Waals surface area contributed by atoms with E-state index in [4.69, 9.17) is 0 Å². The van der Waals surface area contributed by atoms with E-state index in [2.05, 4.69) is 38.1 Å². The highest BCUT2D eigenvalue weighted by molar-refractivity contribution is 5.21. The van der Waals surface area contributed by atoms with Gasteiger partial charge in [-0.05, 0) is 18.9 Å². The molecule has 0 saturated heterocycles. The third-order valence-electron chi connectivity index (χ3n) is 1.49. The molecule has 0 aliphatic rings. The monoisotopic (exact) mass is 122 g/mol. The molecule has 0 aromatic heterocycles. The van der Waals surface area contributed by atoms with Crippen LogP contribution in [0.25, 0.3) is 0 Å². The fraction of sp³-hybridized carbons (Fsp3) is 0.333. The van der Waals surface area contributed by atoms with Crippen LogP contribution in [-0.2, 0) is 6.42 Å². The van der Waals surface area contributed by atoms with Crippen LogP contribution in [0.4, 0.5) is 0 Å². The number of hydrogen-bond acceptors (Lipinski definition) is 0. The Morgan fingerprint density at radius 2 is 2.22 bits per heavy atom. The quantitative estimate of drug-likeness (QED) is 0.537. The predicted octanol–water partition coefficient (Wildman–Crippen LogP) is 2.80. The Kier molecular flexibility index (Phi) is 1.88. The van der Waals surface area contributed by atoms with E-state index in [0.717, 1.165) is 6.42 Å². The lowest BCUT2D eigenvalue weighted by Gasteiger charge is -1.95. The van der Waals surface area contributed by atoms with Crippen molar-refractivity contribution in [3.05, 3.63) is 35.4 Å². The van der Waals surface area contributed by atoms with Crippen LogP contribution in [0.5, 0.6) is 0 Å². The van der Waals surface area contributed by atoms with E-state index in [9.17, 15) is 0 Å². The van der Waals surface area contributed by atoms with Crippen LogP contribution in [0.3, 0.4) is 0 Å². The molecule has 0 heteroatoms. The molecule has 50 valence electrons. The van der Waals surface area contributed by atoms with Crippen molar-refractivity contribution in [1.82, 2.24) is 0 Å². The molecule has 0 spiro atoms. The molecule has 0 amide bonds. The number of rotatable bonds is 1. The summed E-state index contributed by atoms with van der Waals surface area (Å²) in [6.45, 7) is 4.30. The highest BCUT2D eigenvalue weighted by Gasteiger charge is 1.85. The van der Waals surface area contributed by atoms with Gasteiger partial charge in [-0.3, -0.25) is 0 Å². The van der Waals surface area contributed by atoms with Gasteiger partial charge in [-0.15, -0.1) is 0 Å². The molecular formula is C9H14. The Balaban J connectivity index is 0.000000810. The molecule has 0 atom stereocenters. The van der Waals surface area contributed by atoms with Crippen LogP contribution in [0.1, 0.15) is 19.5 Å². The van der Waals surface area contributed by atoms with Crippen LogP contribution in [0.2, 0.25) is 0 Å². The van der Waals surface area contributed by atoms with Crippen molar-refractivity contribution < 1.29 is 1.43 Å². The Labute approximate surface area is 58.0 Å². The molecule has 0 N–H and O–H groups in total. The third-order valence-corrected chi connectivity index (χ3v) is 1.49. The zero-order valence-electron chi connectivity index (χ0n) is 6.02. The number of hydrogen-bond donors (Lipinski definition) is 0. The lowest BCUT2D eigenvalue weighted by Crippen LogP contribution is -1.78. The van der Waals surface area contributed by atoms with E-state index in [1.165, 1.54) is 11.1 Å². The Bertz CT molecular complexity index is 194. The van der Waals surface area contributed by atoms with Crippen LogP contribution in [0.15, 0.2) is 24.3 Å². The van der Waals surface area contributed by atoms with Gasteiger partial charge in [0, 0.05) is 1.43 Å². The van der Waals surface area contributed by atoms with Gasteiger partial charge in [0.2, 0.25) is 0 Å². The average molecular weight is 122 g/mol. The van der Waals surface area contributed by atoms with E-state index in [0.29, 0.717) is 0 Å². The Morgan fingerprint density at radius 1 is 1.44 bits per heavy atom. The highest BCUT2D eigenvalue weighted by Crippen LogP contribution is 2.03. The van der Waals surface area contributed by atoms with Gasteiger partial charge < -0.3 is 0 Å². The van der Waals surface area contributed by atoms with Gasteiger partial charge in [0.05, 0.1) is 0 Å². The topological polar surface area (TPSA) is 0 Å². The molecule has 0 nitrogen and oxygen atoms in total. The molecule has 1 aromatic carbocycles. The lowest BCUT2D eigenvalue weighted by atomic mass is 10.1. The fourth-order valence-corrected chi connectivity index (χ4v) is 0.932. The van der Waals surface area contributed by atoms with Crippen molar-refractivity contribution >= 4 is 0 Å². The standard InChI is InChI=1S/C9H12.H2/c1-3-9-6-4-5-8(2)7-9;/h4-7H,3H2,1-2H3;1H. The van der Waals surface area contributed by atoms with Gasteiger partial charge in [0.15, 0.2) is 0 Å². The minimum atomic E-state index is 0. The van der Waals surface area contributed by atoms with Gasteiger partial charge in [-0.25, -0.2) is 0 Å². The van der Waals surface area contributed by atoms with Crippen molar-refractivity contribution in [2.24, 2.45) is 0 Å². The first-order chi connectivity index (χ1) is 4.33. The van der Waals surface area contributed by atoms with Gasteiger partial charge in [-0.2, -0.15) is 0 Å². The molecule has 0 saturated carbocycles. The summed E-state index contributed by atoms with van der Waals surface area (Å²) < 4.78 is 0. The summed E-state index contributed by atoms with van der Waals surface area (Å²) in [5.41, 5.74) is 2.78. The molecule has 0 fully saturated rings. The second-order valence-electron chi connectivity index (χ2n) is 2.34. The molecule has 0 heterocycles. The minimum Gasteiger partial charge on any atom is -0.0617 e. The zero-order chi connectivity index (χ0) is 6.69. The van der Waals surface area contributed by atoms with Crippen molar-refractivity contribution in [2.45, 2.75) is 20.3 Å². The van der Waals surface area contributed by atoms with Crippen molar-refractivity contribution in [3.8, 4) is 0 Å². The Morgan fingerprint density at radius 3 is 2.67 bits per heavy atom. The molecule has 1 aromatic rings. The second kappa shape index (κ2) is 2.67. The average Bonchev–Trinajstić information content (AvgIpc) is 1.88. The largest absolute Gasteiger partial charge is 0.0617 e. The van der Waals surface area contributed by atoms with E-state index in [1.807, 2.05) is 0 Å². The summed E-state index contributed by atoms with van der Waals surface area (Å²) in [6, 6.07) is 8.61. The number of aryl methyl sites for hydroxylation is 2. The number of benzene rings is 1. The van der Waals surface area contributed by atoms with E-state index in [-0.39, 0.29) is 1.43 Å². The minimum absolute atomic E-state index is 0. The van der Waals surface area contributed by atoms with Crippen LogP contribution in [0, 0.1) is 6.92 Å². The first-order valence-corrected chi connectivity index (χ1v) is 3.38.